The van der Waals surface area contributed by atoms with Crippen LogP contribution in [0.4, 0.5) is 5.69 Å². The summed E-state index contributed by atoms with van der Waals surface area (Å²) in [6.07, 6.45) is 0. The molecule has 0 fully saturated rings. The first-order valence-corrected chi connectivity index (χ1v) is 11.9. The molecule has 3 aromatic carbocycles. The maximum absolute atomic E-state index is 12.6. The van der Waals surface area contributed by atoms with Gasteiger partial charge in [-0.05, 0) is 42.0 Å². The molecular weight excluding hydrogens is 402 g/mol. The zero-order valence-electron chi connectivity index (χ0n) is 16.1. The van der Waals surface area contributed by atoms with E-state index in [-0.39, 0.29) is 17.6 Å². The molecule has 0 aromatic heterocycles. The molecule has 0 spiro atoms. The van der Waals surface area contributed by atoms with Crippen LogP contribution in [-0.4, -0.2) is 20.1 Å². The van der Waals surface area contributed by atoms with Crippen LogP contribution in [0.3, 0.4) is 0 Å². The largest absolute Gasteiger partial charge is 0.326 e. The number of rotatable bonds is 8. The molecular formula is C23H23NO3S2. The highest BCUT2D eigenvalue weighted by molar-refractivity contribution is 7.99. The zero-order chi connectivity index (χ0) is 20.7. The number of nitrogens with one attached hydrogen (secondary N) is 1. The summed E-state index contributed by atoms with van der Waals surface area (Å²) in [5.41, 5.74) is 1.24. The quantitative estimate of drug-likeness (QED) is 0.514. The van der Waals surface area contributed by atoms with Crippen LogP contribution in [0.5, 0.6) is 0 Å². The molecule has 0 saturated heterocycles. The minimum atomic E-state index is -3.43. The van der Waals surface area contributed by atoms with Crippen molar-refractivity contribution in [3.8, 4) is 0 Å². The molecule has 1 atom stereocenters. The fraction of sp³-hybridized carbons (Fsp3) is 0.174. The highest BCUT2D eigenvalue weighted by Gasteiger charge is 2.17. The van der Waals surface area contributed by atoms with Crippen molar-refractivity contribution in [3.63, 3.8) is 0 Å². The summed E-state index contributed by atoms with van der Waals surface area (Å²) in [5, 5.41) is 2.90. The number of sulfone groups is 1. The molecule has 0 aliphatic rings. The molecule has 0 saturated carbocycles. The lowest BCUT2D eigenvalue weighted by Crippen LogP contribution is -2.22. The Morgan fingerprint density at radius 3 is 2.28 bits per heavy atom. The van der Waals surface area contributed by atoms with Gasteiger partial charge in [-0.25, -0.2) is 8.42 Å². The van der Waals surface area contributed by atoms with E-state index in [1.807, 2.05) is 37.3 Å². The van der Waals surface area contributed by atoms with E-state index in [2.05, 4.69) is 5.32 Å². The molecule has 1 amide bonds. The lowest BCUT2D eigenvalue weighted by molar-refractivity contribution is -0.118. The number of anilines is 1. The van der Waals surface area contributed by atoms with Gasteiger partial charge in [-0.15, -0.1) is 11.8 Å². The van der Waals surface area contributed by atoms with E-state index in [0.29, 0.717) is 21.9 Å². The standard InChI is InChI=1S/C23H23NO3S2/c1-18(16-28-21-11-4-2-5-12-21)23(25)24-20-10-8-9-19(15-20)17-29(26,27)22-13-6-3-7-14-22/h2-15,18H,16-17H2,1H3,(H,24,25). The van der Waals surface area contributed by atoms with E-state index in [9.17, 15) is 13.2 Å². The average Bonchev–Trinajstić information content (AvgIpc) is 2.73. The predicted octanol–water partition coefficient (Wildman–Crippen LogP) is 5.03. The normalized spacial score (nSPS) is 12.3. The summed E-state index contributed by atoms with van der Waals surface area (Å²) in [4.78, 5) is 13.9. The van der Waals surface area contributed by atoms with Crippen LogP contribution in [0, 0.1) is 5.92 Å². The van der Waals surface area contributed by atoms with Gasteiger partial charge in [0.25, 0.3) is 0 Å². The second kappa shape index (κ2) is 9.76. The molecule has 0 aliphatic carbocycles. The second-order valence-electron chi connectivity index (χ2n) is 6.79. The second-order valence-corrected chi connectivity index (χ2v) is 9.87. The number of hydrogen-bond acceptors (Lipinski definition) is 4. The smallest absolute Gasteiger partial charge is 0.228 e. The summed E-state index contributed by atoms with van der Waals surface area (Å²) >= 11 is 1.64. The van der Waals surface area contributed by atoms with Gasteiger partial charge in [-0.3, -0.25) is 4.79 Å². The Bertz CT molecular complexity index is 1050. The molecule has 4 nitrogen and oxygen atoms in total. The van der Waals surface area contributed by atoms with Crippen LogP contribution in [0.1, 0.15) is 12.5 Å². The Morgan fingerprint density at radius 2 is 1.59 bits per heavy atom. The minimum Gasteiger partial charge on any atom is -0.326 e. The Labute approximate surface area is 176 Å². The molecule has 1 N–H and O–H groups in total. The summed E-state index contributed by atoms with van der Waals surface area (Å²) in [7, 11) is -3.43. The Morgan fingerprint density at radius 1 is 0.931 bits per heavy atom. The fourth-order valence-corrected chi connectivity index (χ4v) is 5.05. The predicted molar refractivity (Wildman–Crippen MR) is 119 cm³/mol. The SMILES string of the molecule is CC(CSc1ccccc1)C(=O)Nc1cccc(CS(=O)(=O)c2ccccc2)c1. The summed E-state index contributed by atoms with van der Waals surface area (Å²) in [5.74, 6) is 0.284. The maximum atomic E-state index is 12.6. The van der Waals surface area contributed by atoms with Crippen molar-refractivity contribution < 1.29 is 13.2 Å². The highest BCUT2D eigenvalue weighted by Crippen LogP contribution is 2.22. The van der Waals surface area contributed by atoms with Gasteiger partial charge >= 0.3 is 0 Å². The Hall–Kier alpha value is -2.57. The van der Waals surface area contributed by atoms with Crippen molar-refractivity contribution in [1.29, 1.82) is 0 Å². The van der Waals surface area contributed by atoms with Gasteiger partial charge in [0.1, 0.15) is 0 Å². The number of carbonyl (C=O) groups excluding carboxylic acids is 1. The maximum Gasteiger partial charge on any atom is 0.228 e. The highest BCUT2D eigenvalue weighted by atomic mass is 32.2. The van der Waals surface area contributed by atoms with Crippen LogP contribution in [-0.2, 0) is 20.4 Å². The van der Waals surface area contributed by atoms with Crippen molar-refractivity contribution in [2.24, 2.45) is 5.92 Å². The van der Waals surface area contributed by atoms with E-state index in [4.69, 9.17) is 0 Å². The molecule has 6 heteroatoms. The molecule has 0 radical (unpaired) electrons. The lowest BCUT2D eigenvalue weighted by Gasteiger charge is -2.13. The molecule has 3 aromatic rings. The number of thioether (sulfide) groups is 1. The third-order valence-electron chi connectivity index (χ3n) is 4.34. The number of hydrogen-bond donors (Lipinski definition) is 1. The van der Waals surface area contributed by atoms with Crippen molar-refractivity contribution in [2.75, 3.05) is 11.1 Å². The van der Waals surface area contributed by atoms with Crippen molar-refractivity contribution >= 4 is 33.2 Å². The van der Waals surface area contributed by atoms with Gasteiger partial charge in [-0.2, -0.15) is 0 Å². The molecule has 0 heterocycles. The zero-order valence-corrected chi connectivity index (χ0v) is 17.7. The summed E-state index contributed by atoms with van der Waals surface area (Å²) < 4.78 is 25.1. The molecule has 1 unspecified atom stereocenters. The van der Waals surface area contributed by atoms with Gasteiger partial charge in [0.15, 0.2) is 9.84 Å². The minimum absolute atomic E-state index is 0.0866. The average molecular weight is 426 g/mol. The van der Waals surface area contributed by atoms with Crippen molar-refractivity contribution in [1.82, 2.24) is 0 Å². The van der Waals surface area contributed by atoms with Crippen LogP contribution in [0.25, 0.3) is 0 Å². The van der Waals surface area contributed by atoms with E-state index in [1.54, 1.807) is 66.4 Å². The van der Waals surface area contributed by atoms with Crippen LogP contribution < -0.4 is 5.32 Å². The van der Waals surface area contributed by atoms with Crippen molar-refractivity contribution in [2.45, 2.75) is 22.5 Å². The Kier molecular flexibility index (Phi) is 7.12. The first-order chi connectivity index (χ1) is 13.9. The lowest BCUT2D eigenvalue weighted by atomic mass is 10.2. The molecule has 0 aliphatic heterocycles. The third-order valence-corrected chi connectivity index (χ3v) is 7.32. The van der Waals surface area contributed by atoms with E-state index in [0.717, 1.165) is 4.90 Å². The van der Waals surface area contributed by atoms with E-state index in [1.165, 1.54) is 0 Å². The first-order valence-electron chi connectivity index (χ1n) is 9.29. The Balaban J connectivity index is 1.61. The first kappa shape index (κ1) is 21.1. The van der Waals surface area contributed by atoms with Gasteiger partial charge in [-0.1, -0.05) is 55.5 Å². The van der Waals surface area contributed by atoms with Crippen LogP contribution >= 0.6 is 11.8 Å². The van der Waals surface area contributed by atoms with E-state index < -0.39 is 9.84 Å². The number of benzene rings is 3. The van der Waals surface area contributed by atoms with Gasteiger partial charge in [0.05, 0.1) is 10.6 Å². The summed E-state index contributed by atoms with van der Waals surface area (Å²) in [6, 6.07) is 25.3. The van der Waals surface area contributed by atoms with Crippen LogP contribution in [0.2, 0.25) is 0 Å². The fourth-order valence-electron chi connectivity index (χ4n) is 2.75. The molecule has 29 heavy (non-hydrogen) atoms. The monoisotopic (exact) mass is 425 g/mol. The topological polar surface area (TPSA) is 63.2 Å². The van der Waals surface area contributed by atoms with E-state index >= 15 is 0 Å². The molecule has 0 bridgehead atoms. The van der Waals surface area contributed by atoms with Crippen LogP contribution in [0.15, 0.2) is 94.7 Å². The van der Waals surface area contributed by atoms with Crippen molar-refractivity contribution in [3.05, 3.63) is 90.5 Å². The van der Waals surface area contributed by atoms with Gasteiger partial charge < -0.3 is 5.32 Å². The molecule has 150 valence electrons. The van der Waals surface area contributed by atoms with Gasteiger partial charge in [0, 0.05) is 22.3 Å². The third kappa shape index (κ3) is 6.21. The number of amides is 1. The summed E-state index contributed by atoms with van der Waals surface area (Å²) in [6.45, 7) is 1.88. The van der Waals surface area contributed by atoms with Gasteiger partial charge in [0.2, 0.25) is 5.91 Å². The molecule has 3 rings (SSSR count). The number of carbonyl (C=O) groups is 1.